The molecule has 0 amide bonds. The Morgan fingerprint density at radius 2 is 1.78 bits per heavy atom. The third-order valence-corrected chi connectivity index (χ3v) is 5.42. The molecule has 0 N–H and O–H groups in total. The lowest BCUT2D eigenvalue weighted by Crippen LogP contribution is -2.54. The van der Waals surface area contributed by atoms with Crippen LogP contribution in [0, 0.1) is 11.8 Å². The summed E-state index contributed by atoms with van der Waals surface area (Å²) in [5.41, 5.74) is 0. The van der Waals surface area contributed by atoms with E-state index < -0.39 is 4.33 Å². The smallest absolute Gasteiger partial charge is 0.161 e. The molecule has 4 aliphatic rings. The maximum atomic E-state index is 6.31. The molecule has 2 atom stereocenters. The van der Waals surface area contributed by atoms with Gasteiger partial charge in [-0.3, -0.25) is 0 Å². The summed E-state index contributed by atoms with van der Waals surface area (Å²) in [6.45, 7) is 2.09. The average Bonchev–Trinajstić information content (AvgIpc) is 2.27. The molecule has 0 aromatic heterocycles. The Kier molecular flexibility index (Phi) is 3.84. The highest BCUT2D eigenvalue weighted by atomic mass is 35.5. The van der Waals surface area contributed by atoms with E-state index in [1.807, 2.05) is 0 Å². The Bertz CT molecular complexity index is 292. The largest absolute Gasteiger partial charge is 0.349 e. The van der Waals surface area contributed by atoms with Crippen molar-refractivity contribution in [1.29, 1.82) is 0 Å². The first kappa shape index (κ1) is 13.5. The van der Waals surface area contributed by atoms with E-state index in [-0.39, 0.29) is 6.29 Å². The number of hydrogen-bond donors (Lipinski definition) is 0. The molecular weight excluding hydrogens is 271 g/mol. The summed E-state index contributed by atoms with van der Waals surface area (Å²) in [4.78, 5) is 0. The Balaban J connectivity index is 1.61. The molecule has 2 unspecified atom stereocenters. The van der Waals surface area contributed by atoms with Crippen molar-refractivity contribution in [3.8, 4) is 0 Å². The number of rotatable bonds is 4. The van der Waals surface area contributed by atoms with Gasteiger partial charge >= 0.3 is 0 Å². The lowest BCUT2D eigenvalue weighted by Gasteiger charge is -2.52. The molecule has 1 aliphatic heterocycles. The van der Waals surface area contributed by atoms with Gasteiger partial charge in [0.15, 0.2) is 6.29 Å². The van der Waals surface area contributed by atoms with Crippen molar-refractivity contribution >= 4 is 23.2 Å². The van der Waals surface area contributed by atoms with Gasteiger partial charge in [-0.15, -0.1) is 23.2 Å². The first-order valence-electron chi connectivity index (χ1n) is 7.26. The summed E-state index contributed by atoms with van der Waals surface area (Å²) in [6, 6.07) is 0. The number of fused-ring (bicyclic) bond motifs is 1. The van der Waals surface area contributed by atoms with Crippen molar-refractivity contribution in [2.24, 2.45) is 11.8 Å². The first-order chi connectivity index (χ1) is 8.57. The molecule has 0 radical (unpaired) electrons. The van der Waals surface area contributed by atoms with Crippen molar-refractivity contribution in [2.75, 3.05) is 0 Å². The second-order valence-electron chi connectivity index (χ2n) is 6.17. The van der Waals surface area contributed by atoms with Gasteiger partial charge in [-0.25, -0.2) is 0 Å². The topological polar surface area (TPSA) is 18.5 Å². The van der Waals surface area contributed by atoms with Crippen molar-refractivity contribution in [3.63, 3.8) is 0 Å². The molecule has 104 valence electrons. The lowest BCUT2D eigenvalue weighted by atomic mass is 9.67. The van der Waals surface area contributed by atoms with Crippen LogP contribution in [0.25, 0.3) is 0 Å². The van der Waals surface area contributed by atoms with Crippen LogP contribution >= 0.6 is 23.2 Å². The highest BCUT2D eigenvalue weighted by Crippen LogP contribution is 2.49. The molecule has 18 heavy (non-hydrogen) atoms. The fraction of sp³-hybridized carbons (Fsp3) is 1.00. The van der Waals surface area contributed by atoms with E-state index in [4.69, 9.17) is 32.7 Å². The van der Waals surface area contributed by atoms with Crippen LogP contribution in [0.2, 0.25) is 0 Å². The van der Waals surface area contributed by atoms with Crippen molar-refractivity contribution < 1.29 is 9.47 Å². The lowest BCUT2D eigenvalue weighted by molar-refractivity contribution is -0.303. The van der Waals surface area contributed by atoms with Crippen molar-refractivity contribution in [3.05, 3.63) is 0 Å². The molecule has 4 fully saturated rings. The minimum Gasteiger partial charge on any atom is -0.349 e. The van der Waals surface area contributed by atoms with Gasteiger partial charge in [0.2, 0.25) is 0 Å². The molecule has 0 aromatic rings. The Morgan fingerprint density at radius 3 is 2.33 bits per heavy atom. The number of hydrogen-bond acceptors (Lipinski definition) is 2. The van der Waals surface area contributed by atoms with Crippen LogP contribution in [0.4, 0.5) is 0 Å². The monoisotopic (exact) mass is 292 g/mol. The Hall–Kier alpha value is 0.500. The summed E-state index contributed by atoms with van der Waals surface area (Å²) < 4.78 is 11.5. The van der Waals surface area contributed by atoms with Gasteiger partial charge in [-0.05, 0) is 38.0 Å². The van der Waals surface area contributed by atoms with E-state index in [2.05, 4.69) is 6.92 Å². The van der Waals surface area contributed by atoms with Crippen LogP contribution in [0.15, 0.2) is 0 Å². The summed E-state index contributed by atoms with van der Waals surface area (Å²) in [5, 5.41) is 0. The molecular formula is C14H22Cl2O2. The van der Waals surface area contributed by atoms with Gasteiger partial charge in [-0.1, -0.05) is 13.3 Å². The summed E-state index contributed by atoms with van der Waals surface area (Å²) in [6.07, 6.45) is 8.02. The standard InChI is InChI=1S/C14H22Cl2O2/c1-2-5-14(15,16)8-13-17-11-6-9-3-4-10(11)12(7-9)18-13/h9-13H,2-8H2,1H3. The molecule has 1 saturated heterocycles. The summed E-state index contributed by atoms with van der Waals surface area (Å²) in [7, 11) is 0. The van der Waals surface area contributed by atoms with Gasteiger partial charge in [0.05, 0.1) is 12.2 Å². The number of alkyl halides is 2. The van der Waals surface area contributed by atoms with Crippen LogP contribution in [0.1, 0.15) is 51.9 Å². The molecule has 4 heteroatoms. The van der Waals surface area contributed by atoms with Crippen molar-refractivity contribution in [2.45, 2.75) is 74.7 Å². The van der Waals surface area contributed by atoms with Gasteiger partial charge in [0.1, 0.15) is 4.33 Å². The van der Waals surface area contributed by atoms with E-state index in [0.29, 0.717) is 24.5 Å². The highest BCUT2D eigenvalue weighted by molar-refractivity contribution is 6.48. The predicted molar refractivity (Wildman–Crippen MR) is 72.9 cm³/mol. The third kappa shape index (κ3) is 2.67. The van der Waals surface area contributed by atoms with Crippen LogP contribution in [-0.2, 0) is 9.47 Å². The normalized spacial score (nSPS) is 43.2. The SMILES string of the molecule is CCCC(Cl)(Cl)CC1OC2CC3CCC2C(C3)O1. The Labute approximate surface area is 119 Å². The number of ether oxygens (including phenoxy) is 2. The van der Waals surface area contributed by atoms with Gasteiger partial charge in [0, 0.05) is 12.3 Å². The maximum Gasteiger partial charge on any atom is 0.161 e. The molecule has 3 aliphatic carbocycles. The third-order valence-electron chi connectivity index (χ3n) is 4.73. The second-order valence-corrected chi connectivity index (χ2v) is 7.81. The molecule has 1 heterocycles. The summed E-state index contributed by atoms with van der Waals surface area (Å²) in [5.74, 6) is 1.44. The fourth-order valence-corrected chi connectivity index (χ4v) is 4.55. The minimum atomic E-state index is -0.704. The highest BCUT2D eigenvalue weighted by Gasteiger charge is 2.49. The first-order valence-corrected chi connectivity index (χ1v) is 8.02. The van der Waals surface area contributed by atoms with E-state index in [0.717, 1.165) is 18.8 Å². The molecule has 0 spiro atoms. The number of halogens is 2. The predicted octanol–water partition coefficient (Wildman–Crippen LogP) is 4.28. The van der Waals surface area contributed by atoms with Crippen LogP contribution < -0.4 is 0 Å². The zero-order valence-electron chi connectivity index (χ0n) is 10.9. The van der Waals surface area contributed by atoms with Crippen LogP contribution in [0.3, 0.4) is 0 Å². The van der Waals surface area contributed by atoms with Gasteiger partial charge in [-0.2, -0.15) is 0 Å². The zero-order valence-corrected chi connectivity index (χ0v) is 12.4. The fourth-order valence-electron chi connectivity index (χ4n) is 3.92. The van der Waals surface area contributed by atoms with Gasteiger partial charge < -0.3 is 9.47 Å². The average molecular weight is 293 g/mol. The quantitative estimate of drug-likeness (QED) is 0.720. The van der Waals surface area contributed by atoms with Crippen molar-refractivity contribution in [1.82, 2.24) is 0 Å². The van der Waals surface area contributed by atoms with E-state index in [1.54, 1.807) is 0 Å². The van der Waals surface area contributed by atoms with Crippen LogP contribution in [-0.4, -0.2) is 22.8 Å². The molecule has 4 rings (SSSR count). The van der Waals surface area contributed by atoms with E-state index in [1.165, 1.54) is 25.7 Å². The molecule has 2 nitrogen and oxygen atoms in total. The van der Waals surface area contributed by atoms with E-state index in [9.17, 15) is 0 Å². The molecule has 3 saturated carbocycles. The zero-order chi connectivity index (χ0) is 12.8. The maximum absolute atomic E-state index is 6.31. The van der Waals surface area contributed by atoms with Crippen LogP contribution in [0.5, 0.6) is 0 Å². The minimum absolute atomic E-state index is 0.197. The van der Waals surface area contributed by atoms with E-state index >= 15 is 0 Å². The second kappa shape index (κ2) is 5.12. The molecule has 4 bridgehead atoms. The Morgan fingerprint density at radius 1 is 1.11 bits per heavy atom. The van der Waals surface area contributed by atoms with Gasteiger partial charge in [0.25, 0.3) is 0 Å². The molecule has 0 aromatic carbocycles. The summed E-state index contributed by atoms with van der Waals surface area (Å²) >= 11 is 12.6.